The number of carboxylic acid groups (broad SMARTS) is 1. The minimum absolute atomic E-state index is 0.0359. The highest BCUT2D eigenvalue weighted by molar-refractivity contribution is 6.31. The van der Waals surface area contributed by atoms with Crippen molar-refractivity contribution in [1.82, 2.24) is 4.90 Å². The fourth-order valence-electron chi connectivity index (χ4n) is 1.43. The number of nitrogens with zero attached hydrogens (tertiary/aromatic N) is 1. The molecule has 104 valence electrons. The third kappa shape index (κ3) is 4.40. The van der Waals surface area contributed by atoms with E-state index in [1.165, 1.54) is 23.1 Å². The first kappa shape index (κ1) is 15.2. The van der Waals surface area contributed by atoms with Gasteiger partial charge in [0, 0.05) is 13.1 Å². The Hall–Kier alpha value is -1.82. The normalized spacial score (nSPS) is 10.1. The average Bonchev–Trinajstić information content (AvgIpc) is 2.35. The Bertz CT molecular complexity index is 482. The molecule has 2 N–H and O–H groups in total. The van der Waals surface area contributed by atoms with Crippen LogP contribution in [0.1, 0.15) is 13.3 Å². The zero-order valence-corrected chi connectivity index (χ0v) is 11.1. The van der Waals surface area contributed by atoms with E-state index in [2.05, 4.69) is 5.32 Å². The first-order valence-electron chi connectivity index (χ1n) is 5.67. The molecule has 0 saturated carbocycles. The number of aliphatic carboxylic acids is 1. The molecule has 0 atom stereocenters. The molecule has 0 unspecified atom stereocenters. The number of anilines is 1. The Kier molecular flexibility index (Phi) is 5.57. The van der Waals surface area contributed by atoms with Gasteiger partial charge in [-0.05, 0) is 19.1 Å². The first-order valence-corrected chi connectivity index (χ1v) is 6.05. The van der Waals surface area contributed by atoms with Gasteiger partial charge in [-0.1, -0.05) is 17.7 Å². The van der Waals surface area contributed by atoms with Crippen molar-refractivity contribution in [3.8, 4) is 0 Å². The topological polar surface area (TPSA) is 69.6 Å². The zero-order chi connectivity index (χ0) is 14.4. The molecule has 5 nitrogen and oxygen atoms in total. The zero-order valence-electron chi connectivity index (χ0n) is 10.3. The molecule has 0 bridgehead atoms. The molecule has 1 rings (SSSR count). The van der Waals surface area contributed by atoms with Gasteiger partial charge in [0.05, 0.1) is 17.1 Å². The van der Waals surface area contributed by atoms with Gasteiger partial charge in [-0.15, -0.1) is 0 Å². The smallest absolute Gasteiger partial charge is 0.321 e. The van der Waals surface area contributed by atoms with Crippen molar-refractivity contribution in [2.24, 2.45) is 0 Å². The van der Waals surface area contributed by atoms with E-state index >= 15 is 0 Å². The second-order valence-electron chi connectivity index (χ2n) is 3.75. The van der Waals surface area contributed by atoms with E-state index in [0.29, 0.717) is 6.54 Å². The maximum atomic E-state index is 13.6. The monoisotopic (exact) mass is 288 g/mol. The van der Waals surface area contributed by atoms with Gasteiger partial charge in [0.1, 0.15) is 0 Å². The molecule has 1 aromatic rings. The summed E-state index contributed by atoms with van der Waals surface area (Å²) in [5.74, 6) is -1.72. The summed E-state index contributed by atoms with van der Waals surface area (Å²) in [5.41, 5.74) is -0.0359. The molecule has 0 aliphatic carbocycles. The number of halogens is 2. The number of hydrogen-bond donors (Lipinski definition) is 2. The minimum atomic E-state index is -1.000. The van der Waals surface area contributed by atoms with E-state index in [1.54, 1.807) is 6.92 Å². The van der Waals surface area contributed by atoms with Gasteiger partial charge < -0.3 is 15.3 Å². The van der Waals surface area contributed by atoms with Crippen molar-refractivity contribution in [1.29, 1.82) is 0 Å². The van der Waals surface area contributed by atoms with E-state index < -0.39 is 17.8 Å². The third-order valence-corrected chi connectivity index (χ3v) is 2.75. The Morgan fingerprint density at radius 2 is 2.16 bits per heavy atom. The van der Waals surface area contributed by atoms with Crippen molar-refractivity contribution >= 4 is 29.3 Å². The number of carbonyl (C=O) groups excluding carboxylic acids is 1. The highest BCUT2D eigenvalue weighted by Gasteiger charge is 2.15. The Morgan fingerprint density at radius 1 is 1.47 bits per heavy atom. The molecule has 19 heavy (non-hydrogen) atoms. The lowest BCUT2D eigenvalue weighted by atomic mass is 10.3. The van der Waals surface area contributed by atoms with Crippen molar-refractivity contribution < 1.29 is 19.1 Å². The van der Waals surface area contributed by atoms with Gasteiger partial charge >= 0.3 is 12.0 Å². The van der Waals surface area contributed by atoms with Crippen LogP contribution in [0.15, 0.2) is 18.2 Å². The van der Waals surface area contributed by atoms with Crippen LogP contribution in [0.25, 0.3) is 0 Å². The van der Waals surface area contributed by atoms with E-state index in [1.807, 2.05) is 0 Å². The van der Waals surface area contributed by atoms with E-state index in [9.17, 15) is 14.0 Å². The molecule has 0 fully saturated rings. The molecule has 0 radical (unpaired) electrons. The molecule has 0 aliphatic rings. The van der Waals surface area contributed by atoms with Crippen LogP contribution in [0.4, 0.5) is 14.9 Å². The molecule has 7 heteroatoms. The molecule has 0 saturated heterocycles. The lowest BCUT2D eigenvalue weighted by Crippen LogP contribution is -2.36. The summed E-state index contributed by atoms with van der Waals surface area (Å²) in [5, 5.41) is 10.8. The van der Waals surface area contributed by atoms with Crippen LogP contribution in [0.5, 0.6) is 0 Å². The van der Waals surface area contributed by atoms with Crippen molar-refractivity contribution in [2.45, 2.75) is 13.3 Å². The number of urea groups is 1. The van der Waals surface area contributed by atoms with Crippen LogP contribution in [-0.2, 0) is 4.79 Å². The van der Waals surface area contributed by atoms with Crippen molar-refractivity contribution in [2.75, 3.05) is 18.4 Å². The number of carboxylic acids is 1. The second kappa shape index (κ2) is 6.94. The van der Waals surface area contributed by atoms with Gasteiger partial charge in [0.25, 0.3) is 0 Å². The molecule has 1 aromatic carbocycles. The highest BCUT2D eigenvalue weighted by Crippen LogP contribution is 2.22. The van der Waals surface area contributed by atoms with Crippen LogP contribution in [0.2, 0.25) is 5.02 Å². The van der Waals surface area contributed by atoms with Gasteiger partial charge in [0.2, 0.25) is 0 Å². The molecular weight excluding hydrogens is 275 g/mol. The third-order valence-electron chi connectivity index (χ3n) is 2.46. The Morgan fingerprint density at radius 3 is 2.74 bits per heavy atom. The van der Waals surface area contributed by atoms with Crippen LogP contribution in [0, 0.1) is 5.82 Å². The number of benzene rings is 1. The molecular formula is C12H14ClFN2O3. The summed E-state index contributed by atoms with van der Waals surface area (Å²) in [6, 6.07) is 3.69. The van der Waals surface area contributed by atoms with Crippen LogP contribution >= 0.6 is 11.6 Å². The minimum Gasteiger partial charge on any atom is -0.481 e. The van der Waals surface area contributed by atoms with E-state index in [4.69, 9.17) is 16.7 Å². The fourth-order valence-corrected chi connectivity index (χ4v) is 1.60. The predicted molar refractivity (Wildman–Crippen MR) is 69.9 cm³/mol. The van der Waals surface area contributed by atoms with Crippen LogP contribution in [0.3, 0.4) is 0 Å². The van der Waals surface area contributed by atoms with Gasteiger partial charge in [-0.3, -0.25) is 4.79 Å². The first-order chi connectivity index (χ1) is 8.95. The number of rotatable bonds is 5. The maximum Gasteiger partial charge on any atom is 0.321 e. The molecule has 2 amide bonds. The summed E-state index contributed by atoms with van der Waals surface area (Å²) < 4.78 is 13.6. The number of carbonyl (C=O) groups is 2. The maximum absolute atomic E-state index is 13.6. The lowest BCUT2D eigenvalue weighted by Gasteiger charge is -2.20. The van der Waals surface area contributed by atoms with Gasteiger partial charge in [-0.25, -0.2) is 9.18 Å². The van der Waals surface area contributed by atoms with Crippen LogP contribution in [-0.4, -0.2) is 35.1 Å². The van der Waals surface area contributed by atoms with Crippen LogP contribution < -0.4 is 5.32 Å². The Balaban J connectivity index is 2.71. The average molecular weight is 289 g/mol. The lowest BCUT2D eigenvalue weighted by molar-refractivity contribution is -0.137. The number of amides is 2. The highest BCUT2D eigenvalue weighted by atomic mass is 35.5. The fraction of sp³-hybridized carbons (Fsp3) is 0.333. The Labute approximate surface area is 115 Å². The number of hydrogen-bond acceptors (Lipinski definition) is 2. The molecule has 0 heterocycles. The number of nitrogens with one attached hydrogen (secondary N) is 1. The predicted octanol–water partition coefficient (Wildman–Crippen LogP) is 2.81. The van der Waals surface area contributed by atoms with Crippen molar-refractivity contribution in [3.05, 3.63) is 29.0 Å². The van der Waals surface area contributed by atoms with Gasteiger partial charge in [-0.2, -0.15) is 0 Å². The SMILES string of the molecule is CCN(CCC(=O)O)C(=O)Nc1cccc(Cl)c1F. The molecule has 0 aliphatic heterocycles. The summed E-state index contributed by atoms with van der Waals surface area (Å²) in [6.07, 6.45) is -0.167. The second-order valence-corrected chi connectivity index (χ2v) is 4.16. The summed E-state index contributed by atoms with van der Waals surface area (Å²) in [4.78, 5) is 23.6. The summed E-state index contributed by atoms with van der Waals surface area (Å²) in [6.45, 7) is 2.08. The van der Waals surface area contributed by atoms with E-state index in [-0.39, 0.29) is 23.7 Å². The summed E-state index contributed by atoms with van der Waals surface area (Å²) in [7, 11) is 0. The largest absolute Gasteiger partial charge is 0.481 e. The molecule has 0 spiro atoms. The quantitative estimate of drug-likeness (QED) is 0.875. The van der Waals surface area contributed by atoms with Crippen molar-refractivity contribution in [3.63, 3.8) is 0 Å². The van der Waals surface area contributed by atoms with Gasteiger partial charge in [0.15, 0.2) is 5.82 Å². The van der Waals surface area contributed by atoms with E-state index in [0.717, 1.165) is 0 Å². The summed E-state index contributed by atoms with van der Waals surface area (Å²) >= 11 is 5.60. The molecule has 0 aromatic heterocycles. The standard InChI is InChI=1S/C12H14ClFN2O3/c1-2-16(7-6-10(17)18)12(19)15-9-5-3-4-8(13)11(9)14/h3-5H,2,6-7H2,1H3,(H,15,19)(H,17,18).